The maximum absolute atomic E-state index is 13.4. The lowest BCUT2D eigenvalue weighted by atomic mass is 9.82. The van der Waals surface area contributed by atoms with Gasteiger partial charge in [-0.15, -0.1) is 0 Å². The summed E-state index contributed by atoms with van der Waals surface area (Å²) in [4.78, 5) is 0. The average molecular weight is 274 g/mol. The first-order valence-corrected chi connectivity index (χ1v) is 5.78. The largest absolute Gasteiger partial charge is 0.313 e. The summed E-state index contributed by atoms with van der Waals surface area (Å²) in [5, 5.41) is 3.22. The number of hydrogen-bond donors (Lipinski definition) is 1. The SMILES string of the molecule is CNC(c1ccc(Br)c(F)c1)C(C)(C)C. The summed E-state index contributed by atoms with van der Waals surface area (Å²) in [7, 11) is 1.90. The molecule has 1 unspecified atom stereocenters. The van der Waals surface area contributed by atoms with Crippen LogP contribution in [0.5, 0.6) is 0 Å². The van der Waals surface area contributed by atoms with E-state index >= 15 is 0 Å². The van der Waals surface area contributed by atoms with Gasteiger partial charge in [0, 0.05) is 6.04 Å². The van der Waals surface area contributed by atoms with Gasteiger partial charge in [-0.05, 0) is 46.1 Å². The maximum Gasteiger partial charge on any atom is 0.137 e. The third kappa shape index (κ3) is 3.02. The topological polar surface area (TPSA) is 12.0 Å². The molecule has 84 valence electrons. The fraction of sp³-hybridized carbons (Fsp3) is 0.500. The molecule has 0 saturated heterocycles. The normalized spacial score (nSPS) is 14.0. The predicted octanol–water partition coefficient (Wildman–Crippen LogP) is 3.89. The van der Waals surface area contributed by atoms with Crippen LogP contribution in [0.25, 0.3) is 0 Å². The highest BCUT2D eigenvalue weighted by molar-refractivity contribution is 9.10. The van der Waals surface area contributed by atoms with Crippen molar-refractivity contribution in [3.8, 4) is 0 Å². The van der Waals surface area contributed by atoms with Gasteiger partial charge in [0.25, 0.3) is 0 Å². The molecule has 0 saturated carbocycles. The van der Waals surface area contributed by atoms with E-state index in [0.717, 1.165) is 5.56 Å². The van der Waals surface area contributed by atoms with Gasteiger partial charge in [-0.3, -0.25) is 0 Å². The highest BCUT2D eigenvalue weighted by Gasteiger charge is 2.24. The summed E-state index contributed by atoms with van der Waals surface area (Å²) in [5.74, 6) is -0.211. The van der Waals surface area contributed by atoms with Gasteiger partial charge in [-0.25, -0.2) is 4.39 Å². The summed E-state index contributed by atoms with van der Waals surface area (Å²) in [6.45, 7) is 6.40. The van der Waals surface area contributed by atoms with Crippen molar-refractivity contribution in [3.05, 3.63) is 34.1 Å². The van der Waals surface area contributed by atoms with E-state index in [4.69, 9.17) is 0 Å². The molecule has 1 aromatic carbocycles. The second-order valence-corrected chi connectivity index (χ2v) is 5.62. The molecule has 0 aromatic heterocycles. The first-order chi connectivity index (χ1) is 6.86. The molecule has 1 atom stereocenters. The second kappa shape index (κ2) is 4.62. The van der Waals surface area contributed by atoms with Crippen LogP contribution in [0.4, 0.5) is 4.39 Å². The fourth-order valence-corrected chi connectivity index (χ4v) is 2.04. The van der Waals surface area contributed by atoms with Crippen molar-refractivity contribution in [2.24, 2.45) is 5.41 Å². The van der Waals surface area contributed by atoms with Gasteiger partial charge >= 0.3 is 0 Å². The summed E-state index contributed by atoms with van der Waals surface area (Å²) in [6.07, 6.45) is 0. The van der Waals surface area contributed by atoms with Crippen LogP contribution in [0.2, 0.25) is 0 Å². The summed E-state index contributed by atoms with van der Waals surface area (Å²) in [6, 6.07) is 5.43. The van der Waals surface area contributed by atoms with Gasteiger partial charge in [0.2, 0.25) is 0 Å². The van der Waals surface area contributed by atoms with Gasteiger partial charge in [0.05, 0.1) is 4.47 Å². The summed E-state index contributed by atoms with van der Waals surface area (Å²) < 4.78 is 13.9. The Hall–Kier alpha value is -0.410. The molecule has 0 heterocycles. The molecule has 0 amide bonds. The van der Waals surface area contributed by atoms with Crippen LogP contribution >= 0.6 is 15.9 Å². The third-order valence-electron chi connectivity index (χ3n) is 2.43. The Morgan fingerprint density at radius 1 is 1.33 bits per heavy atom. The Bertz CT molecular complexity index is 344. The zero-order valence-corrected chi connectivity index (χ0v) is 11.2. The van der Waals surface area contributed by atoms with Crippen LogP contribution in [0, 0.1) is 11.2 Å². The van der Waals surface area contributed by atoms with Crippen LogP contribution < -0.4 is 5.32 Å². The van der Waals surface area contributed by atoms with Crippen molar-refractivity contribution in [2.45, 2.75) is 26.8 Å². The fourth-order valence-electron chi connectivity index (χ4n) is 1.79. The van der Waals surface area contributed by atoms with E-state index in [1.165, 1.54) is 0 Å². The molecule has 0 spiro atoms. The molecule has 1 nitrogen and oxygen atoms in total. The molecule has 0 aliphatic carbocycles. The highest BCUT2D eigenvalue weighted by Crippen LogP contribution is 2.33. The Balaban J connectivity index is 3.08. The highest BCUT2D eigenvalue weighted by atomic mass is 79.9. The predicted molar refractivity (Wildman–Crippen MR) is 65.4 cm³/mol. The van der Waals surface area contributed by atoms with E-state index in [1.54, 1.807) is 12.1 Å². The molecule has 0 fully saturated rings. The first-order valence-electron chi connectivity index (χ1n) is 4.98. The summed E-state index contributed by atoms with van der Waals surface area (Å²) in [5.41, 5.74) is 1.04. The van der Waals surface area contributed by atoms with Crippen molar-refractivity contribution in [2.75, 3.05) is 7.05 Å². The van der Waals surface area contributed by atoms with Gasteiger partial charge < -0.3 is 5.32 Å². The summed E-state index contributed by atoms with van der Waals surface area (Å²) >= 11 is 3.16. The van der Waals surface area contributed by atoms with Gasteiger partial charge in [0.1, 0.15) is 5.82 Å². The lowest BCUT2D eigenvalue weighted by molar-refractivity contribution is 0.286. The van der Waals surface area contributed by atoms with Crippen LogP contribution in [-0.4, -0.2) is 7.05 Å². The van der Waals surface area contributed by atoms with Gasteiger partial charge in [0.15, 0.2) is 0 Å². The molecule has 0 aliphatic rings. The Morgan fingerprint density at radius 3 is 2.33 bits per heavy atom. The lowest BCUT2D eigenvalue weighted by Gasteiger charge is -2.30. The molecule has 0 aliphatic heterocycles. The van der Waals surface area contributed by atoms with E-state index in [1.807, 2.05) is 13.1 Å². The van der Waals surface area contributed by atoms with Crippen molar-refractivity contribution in [3.63, 3.8) is 0 Å². The smallest absolute Gasteiger partial charge is 0.137 e. The molecular weight excluding hydrogens is 257 g/mol. The lowest BCUT2D eigenvalue weighted by Crippen LogP contribution is -2.29. The standard InChI is InChI=1S/C12H17BrFN/c1-12(2,3)11(15-4)8-5-6-9(13)10(14)7-8/h5-7,11,15H,1-4H3. The molecular formula is C12H17BrFN. The minimum atomic E-state index is -0.211. The molecule has 1 aromatic rings. The monoisotopic (exact) mass is 273 g/mol. The zero-order valence-electron chi connectivity index (χ0n) is 9.57. The van der Waals surface area contributed by atoms with Crippen molar-refractivity contribution >= 4 is 15.9 Å². The van der Waals surface area contributed by atoms with Gasteiger partial charge in [-0.2, -0.15) is 0 Å². The molecule has 1 rings (SSSR count). The number of halogens is 2. The van der Waals surface area contributed by atoms with E-state index < -0.39 is 0 Å². The maximum atomic E-state index is 13.4. The van der Waals surface area contributed by atoms with Crippen LogP contribution in [0.15, 0.2) is 22.7 Å². The van der Waals surface area contributed by atoms with Crippen molar-refractivity contribution in [1.29, 1.82) is 0 Å². The Morgan fingerprint density at radius 2 is 1.93 bits per heavy atom. The van der Waals surface area contributed by atoms with Crippen molar-refractivity contribution < 1.29 is 4.39 Å². The zero-order chi connectivity index (χ0) is 11.6. The van der Waals surface area contributed by atoms with E-state index in [0.29, 0.717) is 4.47 Å². The number of benzene rings is 1. The van der Waals surface area contributed by atoms with Crippen LogP contribution in [-0.2, 0) is 0 Å². The minimum Gasteiger partial charge on any atom is -0.313 e. The average Bonchev–Trinajstić information content (AvgIpc) is 2.10. The van der Waals surface area contributed by atoms with E-state index in [9.17, 15) is 4.39 Å². The van der Waals surface area contributed by atoms with Crippen LogP contribution in [0.1, 0.15) is 32.4 Å². The molecule has 0 radical (unpaired) electrons. The molecule has 3 heteroatoms. The molecule has 15 heavy (non-hydrogen) atoms. The number of nitrogens with one attached hydrogen (secondary N) is 1. The van der Waals surface area contributed by atoms with E-state index in [2.05, 4.69) is 42.0 Å². The molecule has 0 bridgehead atoms. The minimum absolute atomic E-state index is 0.0645. The quantitative estimate of drug-likeness (QED) is 0.862. The van der Waals surface area contributed by atoms with E-state index in [-0.39, 0.29) is 17.3 Å². The Kier molecular flexibility index (Phi) is 3.90. The van der Waals surface area contributed by atoms with Crippen LogP contribution in [0.3, 0.4) is 0 Å². The third-order valence-corrected chi connectivity index (χ3v) is 3.07. The van der Waals surface area contributed by atoms with Crippen molar-refractivity contribution in [1.82, 2.24) is 5.32 Å². The number of hydrogen-bond acceptors (Lipinski definition) is 1. The number of rotatable bonds is 2. The van der Waals surface area contributed by atoms with Gasteiger partial charge in [-0.1, -0.05) is 26.8 Å². The first kappa shape index (κ1) is 12.7. The second-order valence-electron chi connectivity index (χ2n) is 4.76. The Labute approximate surface area is 99.2 Å². The molecule has 1 N–H and O–H groups in total.